The minimum atomic E-state index is -0.967. The van der Waals surface area contributed by atoms with Gasteiger partial charge in [-0.25, -0.2) is 0 Å². The quantitative estimate of drug-likeness (QED) is 0.851. The Morgan fingerprint density at radius 1 is 1.32 bits per heavy atom. The number of hydrogen-bond acceptors (Lipinski definition) is 5. The van der Waals surface area contributed by atoms with Crippen LogP contribution in [0.1, 0.15) is 13.3 Å². The van der Waals surface area contributed by atoms with Crippen LogP contribution in [0.2, 0.25) is 0 Å². The Morgan fingerprint density at radius 3 is 2.84 bits per heavy atom. The summed E-state index contributed by atoms with van der Waals surface area (Å²) in [5, 5.41) is 8.87. The molecule has 0 unspecified atom stereocenters. The highest BCUT2D eigenvalue weighted by Gasteiger charge is 2.34. The Hall–Kier alpha value is -2.61. The van der Waals surface area contributed by atoms with Crippen molar-refractivity contribution >= 4 is 23.5 Å². The Morgan fingerprint density at radius 2 is 2.08 bits per heavy atom. The number of amides is 2. The summed E-state index contributed by atoms with van der Waals surface area (Å²) in [4.78, 5) is 38.9. The van der Waals surface area contributed by atoms with Crippen LogP contribution in [0.3, 0.4) is 0 Å². The van der Waals surface area contributed by atoms with Crippen molar-refractivity contribution in [1.82, 2.24) is 4.90 Å². The molecule has 0 saturated carbocycles. The van der Waals surface area contributed by atoms with Gasteiger partial charge in [-0.1, -0.05) is 12.1 Å². The van der Waals surface area contributed by atoms with Crippen molar-refractivity contribution in [2.75, 3.05) is 31.1 Å². The monoisotopic (exact) mass is 348 g/mol. The molecule has 1 saturated heterocycles. The first-order chi connectivity index (χ1) is 12.0. The third-order valence-electron chi connectivity index (χ3n) is 4.26. The van der Waals surface area contributed by atoms with Crippen LogP contribution in [0.25, 0.3) is 0 Å². The van der Waals surface area contributed by atoms with Gasteiger partial charge in [0.05, 0.1) is 24.8 Å². The Balaban J connectivity index is 1.72. The van der Waals surface area contributed by atoms with E-state index in [1.165, 1.54) is 4.90 Å². The number of carbonyl (C=O) groups is 3. The molecule has 0 aromatic heterocycles. The van der Waals surface area contributed by atoms with E-state index in [2.05, 4.69) is 0 Å². The Labute approximate surface area is 144 Å². The molecule has 2 amide bonds. The number of para-hydroxylation sites is 2. The standard InChI is InChI=1S/C17H20N2O6/c1-11-17(23)19(13-4-2-3-5-14(13)25-11)10-15(20)18-6-7-24-12(9-18)8-16(21)22/h2-5,11-12H,6-10H2,1H3,(H,21,22)/t11-,12-/m1/s1. The van der Waals surface area contributed by atoms with Crippen LogP contribution in [0, 0.1) is 0 Å². The number of rotatable bonds is 4. The number of anilines is 1. The molecule has 2 aliphatic rings. The van der Waals surface area contributed by atoms with E-state index in [9.17, 15) is 14.4 Å². The van der Waals surface area contributed by atoms with Crippen molar-refractivity contribution in [1.29, 1.82) is 0 Å². The fourth-order valence-corrected chi connectivity index (χ4v) is 3.02. The number of carbonyl (C=O) groups excluding carboxylic acids is 2. The van der Waals surface area contributed by atoms with Crippen molar-refractivity contribution in [3.05, 3.63) is 24.3 Å². The number of fused-ring (bicyclic) bond motifs is 1. The van der Waals surface area contributed by atoms with Gasteiger partial charge in [-0.05, 0) is 19.1 Å². The maximum Gasteiger partial charge on any atom is 0.306 e. The van der Waals surface area contributed by atoms with Gasteiger partial charge in [0, 0.05) is 13.1 Å². The molecule has 2 heterocycles. The predicted molar refractivity (Wildman–Crippen MR) is 87.5 cm³/mol. The van der Waals surface area contributed by atoms with E-state index in [-0.39, 0.29) is 37.9 Å². The van der Waals surface area contributed by atoms with Crippen LogP contribution < -0.4 is 9.64 Å². The molecule has 1 aromatic rings. The first-order valence-corrected chi connectivity index (χ1v) is 8.14. The summed E-state index contributed by atoms with van der Waals surface area (Å²) in [5.74, 6) is -0.920. The summed E-state index contributed by atoms with van der Waals surface area (Å²) in [6.07, 6.45) is -1.34. The lowest BCUT2D eigenvalue weighted by atomic mass is 10.1. The summed E-state index contributed by atoms with van der Waals surface area (Å²) in [6, 6.07) is 7.08. The van der Waals surface area contributed by atoms with E-state index in [0.29, 0.717) is 18.0 Å². The molecule has 1 fully saturated rings. The highest BCUT2D eigenvalue weighted by atomic mass is 16.5. The summed E-state index contributed by atoms with van der Waals surface area (Å²) in [5.41, 5.74) is 0.564. The summed E-state index contributed by atoms with van der Waals surface area (Å²) >= 11 is 0. The first-order valence-electron chi connectivity index (χ1n) is 8.14. The van der Waals surface area contributed by atoms with Crippen molar-refractivity contribution in [2.45, 2.75) is 25.6 Å². The minimum absolute atomic E-state index is 0.108. The minimum Gasteiger partial charge on any atom is -0.481 e. The highest BCUT2D eigenvalue weighted by molar-refractivity contribution is 6.03. The average Bonchev–Trinajstić information content (AvgIpc) is 2.58. The number of ether oxygens (including phenoxy) is 2. The van der Waals surface area contributed by atoms with E-state index in [0.717, 1.165) is 0 Å². The largest absolute Gasteiger partial charge is 0.481 e. The number of morpholine rings is 1. The lowest BCUT2D eigenvalue weighted by Gasteiger charge is -2.36. The van der Waals surface area contributed by atoms with Crippen molar-refractivity contribution in [3.63, 3.8) is 0 Å². The zero-order chi connectivity index (χ0) is 18.0. The zero-order valence-corrected chi connectivity index (χ0v) is 13.9. The SMILES string of the molecule is C[C@H]1Oc2ccccc2N(CC(=O)N2CCO[C@H](CC(=O)O)C2)C1=O. The van der Waals surface area contributed by atoms with Crippen LogP contribution in [0.5, 0.6) is 5.75 Å². The van der Waals surface area contributed by atoms with Crippen LogP contribution in [0.15, 0.2) is 24.3 Å². The number of carboxylic acid groups (broad SMARTS) is 1. The zero-order valence-electron chi connectivity index (χ0n) is 13.9. The second-order valence-corrected chi connectivity index (χ2v) is 6.08. The van der Waals surface area contributed by atoms with Gasteiger partial charge in [0.15, 0.2) is 6.10 Å². The third-order valence-corrected chi connectivity index (χ3v) is 4.26. The fraction of sp³-hybridized carbons (Fsp3) is 0.471. The molecule has 1 aromatic carbocycles. The molecule has 2 atom stereocenters. The van der Waals surface area contributed by atoms with Gasteiger partial charge in [0.1, 0.15) is 12.3 Å². The molecule has 1 N–H and O–H groups in total. The van der Waals surface area contributed by atoms with Crippen molar-refractivity contribution in [2.24, 2.45) is 0 Å². The molecule has 8 nitrogen and oxygen atoms in total. The van der Waals surface area contributed by atoms with Gasteiger partial charge in [-0.15, -0.1) is 0 Å². The van der Waals surface area contributed by atoms with Crippen LogP contribution in [-0.2, 0) is 19.1 Å². The smallest absolute Gasteiger partial charge is 0.306 e. The molecular formula is C17H20N2O6. The van der Waals surface area contributed by atoms with Crippen molar-refractivity contribution in [3.8, 4) is 5.75 Å². The maximum absolute atomic E-state index is 12.6. The molecule has 8 heteroatoms. The molecule has 0 radical (unpaired) electrons. The molecule has 134 valence electrons. The van der Waals surface area contributed by atoms with Crippen LogP contribution in [0.4, 0.5) is 5.69 Å². The van der Waals surface area contributed by atoms with E-state index in [4.69, 9.17) is 14.6 Å². The van der Waals surface area contributed by atoms with E-state index in [1.807, 2.05) is 0 Å². The number of carboxylic acids is 1. The summed E-state index contributed by atoms with van der Waals surface area (Å²) in [7, 11) is 0. The Bertz CT molecular complexity index is 691. The topological polar surface area (TPSA) is 96.4 Å². The second-order valence-electron chi connectivity index (χ2n) is 6.08. The van der Waals surface area contributed by atoms with Crippen molar-refractivity contribution < 1.29 is 29.0 Å². The molecule has 0 aliphatic carbocycles. The number of nitrogens with zero attached hydrogens (tertiary/aromatic N) is 2. The molecule has 0 bridgehead atoms. The van der Waals surface area contributed by atoms with E-state index >= 15 is 0 Å². The van der Waals surface area contributed by atoms with Gasteiger partial charge >= 0.3 is 5.97 Å². The lowest BCUT2D eigenvalue weighted by Crippen LogP contribution is -2.53. The third kappa shape index (κ3) is 3.74. The molecule has 3 rings (SSSR count). The summed E-state index contributed by atoms with van der Waals surface area (Å²) < 4.78 is 10.9. The second kappa shape index (κ2) is 7.10. The lowest BCUT2D eigenvalue weighted by molar-refractivity contribution is -0.147. The van der Waals surface area contributed by atoms with Gasteiger partial charge in [-0.2, -0.15) is 0 Å². The highest BCUT2D eigenvalue weighted by Crippen LogP contribution is 2.33. The molecule has 0 spiro atoms. The maximum atomic E-state index is 12.6. The van der Waals surface area contributed by atoms with Gasteiger partial charge in [0.25, 0.3) is 5.91 Å². The number of hydrogen-bond donors (Lipinski definition) is 1. The number of aliphatic carboxylic acids is 1. The first kappa shape index (κ1) is 17.2. The van der Waals surface area contributed by atoms with Crippen LogP contribution >= 0.6 is 0 Å². The number of benzene rings is 1. The normalized spacial score (nSPS) is 23.0. The van der Waals surface area contributed by atoms with Gasteiger partial charge < -0.3 is 19.5 Å². The van der Waals surface area contributed by atoms with Gasteiger partial charge in [-0.3, -0.25) is 19.3 Å². The molecule has 2 aliphatic heterocycles. The molecule has 25 heavy (non-hydrogen) atoms. The van der Waals surface area contributed by atoms with E-state index in [1.54, 1.807) is 36.1 Å². The predicted octanol–water partition coefficient (Wildman–Crippen LogP) is 0.503. The fourth-order valence-electron chi connectivity index (χ4n) is 3.02. The molecular weight excluding hydrogens is 328 g/mol. The Kier molecular flexibility index (Phi) is 4.89. The van der Waals surface area contributed by atoms with Gasteiger partial charge in [0.2, 0.25) is 5.91 Å². The van der Waals surface area contributed by atoms with E-state index < -0.39 is 18.2 Å². The average molecular weight is 348 g/mol. The van der Waals surface area contributed by atoms with Crippen LogP contribution in [-0.4, -0.2) is 66.2 Å². The summed E-state index contributed by atoms with van der Waals surface area (Å²) in [6.45, 7) is 2.41.